The van der Waals surface area contributed by atoms with E-state index in [-0.39, 0.29) is 6.61 Å². The lowest BCUT2D eigenvalue weighted by Crippen LogP contribution is -2.67. The SMILES string of the molecule is CC(=O)OC[C@H]1O[C@@H](O[C@H]2[C@H](OCCc3ccccc3)O[C@H](COC(C)=O)[C@@H](OC(C)=O)[C@@H]2OC(C)=O)[C@H](OC(C)=O)[C@@H](OC(C)=O)[C@@H]1OC(C)=O. The summed E-state index contributed by atoms with van der Waals surface area (Å²) in [5.74, 6) is -5.72. The van der Waals surface area contributed by atoms with Crippen LogP contribution in [-0.2, 0) is 92.1 Å². The first-order valence-corrected chi connectivity index (χ1v) is 16.3. The molecule has 0 radical (unpaired) electrons. The minimum Gasteiger partial charge on any atom is -0.463 e. The second-order valence-electron chi connectivity index (χ2n) is 11.8. The number of hydrogen-bond acceptors (Lipinski definition) is 18. The van der Waals surface area contributed by atoms with E-state index in [0.29, 0.717) is 6.42 Å². The van der Waals surface area contributed by atoms with Crippen LogP contribution in [0.15, 0.2) is 30.3 Å². The first kappa shape index (κ1) is 41.8. The van der Waals surface area contributed by atoms with E-state index in [1.807, 2.05) is 30.3 Å². The van der Waals surface area contributed by atoms with Gasteiger partial charge in [-0.1, -0.05) is 30.3 Å². The van der Waals surface area contributed by atoms with Gasteiger partial charge in [-0.15, -0.1) is 0 Å². The number of ether oxygens (including phenoxy) is 11. The Bertz CT molecular complexity index is 1410. The molecule has 18 nitrogen and oxygen atoms in total. The number of rotatable bonds is 15. The van der Waals surface area contributed by atoms with Crippen LogP contribution in [0.3, 0.4) is 0 Å². The second-order valence-corrected chi connectivity index (χ2v) is 11.8. The first-order valence-electron chi connectivity index (χ1n) is 16.3. The summed E-state index contributed by atoms with van der Waals surface area (Å²) in [6, 6.07) is 9.22. The zero-order valence-electron chi connectivity index (χ0n) is 29.8. The molecule has 18 heteroatoms. The number of hydrogen-bond donors (Lipinski definition) is 0. The number of carbonyl (C=O) groups excluding carboxylic acids is 7. The van der Waals surface area contributed by atoms with Gasteiger partial charge in [-0.05, 0) is 12.0 Å². The normalized spacial score (nSPS) is 28.4. The Labute approximate surface area is 299 Å². The van der Waals surface area contributed by atoms with Crippen LogP contribution in [0.2, 0.25) is 0 Å². The summed E-state index contributed by atoms with van der Waals surface area (Å²) in [6.07, 6.45) is -14.9. The largest absolute Gasteiger partial charge is 0.463 e. The third kappa shape index (κ3) is 12.8. The molecule has 2 aliphatic heterocycles. The molecule has 10 atom stereocenters. The molecule has 0 N–H and O–H groups in total. The standard InChI is InChI=1S/C34H44O18/c1-17(35)43-15-25-27(45-19(3)37)29(47-21(5)39)31(33(50-25)42-14-13-24-11-9-8-10-12-24)52-34-32(49-23(7)41)30(48-22(6)40)28(46-20(4)38)26(51-34)16-44-18(2)36/h8-12,25-34H,13-16H2,1-7H3/t25-,26-,27-,28-,29+,30+,31-,32-,33-,34+/m1/s1. The summed E-state index contributed by atoms with van der Waals surface area (Å²) in [5, 5.41) is 0. The fraction of sp³-hybridized carbons (Fsp3) is 0.618. The Balaban J connectivity index is 2.14. The van der Waals surface area contributed by atoms with Crippen molar-refractivity contribution in [1.82, 2.24) is 0 Å². The van der Waals surface area contributed by atoms with Crippen LogP contribution in [0.5, 0.6) is 0 Å². The average Bonchev–Trinajstić information content (AvgIpc) is 3.03. The van der Waals surface area contributed by atoms with Gasteiger partial charge in [0, 0.05) is 48.5 Å². The Morgan fingerprint density at radius 3 is 1.35 bits per heavy atom. The quantitative estimate of drug-likeness (QED) is 0.180. The molecule has 0 saturated carbocycles. The minimum atomic E-state index is -1.77. The van der Waals surface area contributed by atoms with Crippen molar-refractivity contribution in [3.05, 3.63) is 35.9 Å². The minimum absolute atomic E-state index is 0.00157. The highest BCUT2D eigenvalue weighted by Gasteiger charge is 2.57. The fourth-order valence-electron chi connectivity index (χ4n) is 5.54. The molecule has 0 aliphatic carbocycles. The summed E-state index contributed by atoms with van der Waals surface area (Å²) in [6.45, 7) is 6.59. The van der Waals surface area contributed by atoms with E-state index in [1.54, 1.807) is 0 Å². The van der Waals surface area contributed by atoms with Crippen molar-refractivity contribution in [3.63, 3.8) is 0 Å². The molecule has 0 spiro atoms. The van der Waals surface area contributed by atoms with E-state index >= 15 is 0 Å². The van der Waals surface area contributed by atoms with Crippen molar-refractivity contribution >= 4 is 41.8 Å². The van der Waals surface area contributed by atoms with Crippen molar-refractivity contribution in [3.8, 4) is 0 Å². The van der Waals surface area contributed by atoms with Crippen molar-refractivity contribution < 1.29 is 85.7 Å². The third-order valence-corrected chi connectivity index (χ3v) is 7.40. The van der Waals surface area contributed by atoms with Crippen LogP contribution in [0.1, 0.15) is 54.0 Å². The lowest BCUT2D eigenvalue weighted by Gasteiger charge is -2.48. The monoisotopic (exact) mass is 740 g/mol. The zero-order chi connectivity index (χ0) is 38.5. The van der Waals surface area contributed by atoms with E-state index in [9.17, 15) is 33.6 Å². The van der Waals surface area contributed by atoms with Gasteiger partial charge < -0.3 is 52.1 Å². The Morgan fingerprint density at radius 1 is 0.500 bits per heavy atom. The van der Waals surface area contributed by atoms with E-state index < -0.39 is 116 Å². The Kier molecular flexibility index (Phi) is 15.9. The molecule has 0 bridgehead atoms. The van der Waals surface area contributed by atoms with Gasteiger partial charge in [0.2, 0.25) is 0 Å². The number of benzene rings is 1. The molecule has 2 aliphatic rings. The van der Waals surface area contributed by atoms with Crippen LogP contribution in [-0.4, -0.2) is 123 Å². The fourth-order valence-corrected chi connectivity index (χ4v) is 5.54. The van der Waals surface area contributed by atoms with Gasteiger partial charge in [0.05, 0.1) is 6.61 Å². The molecule has 0 amide bonds. The highest BCUT2D eigenvalue weighted by atomic mass is 16.8. The molecule has 52 heavy (non-hydrogen) atoms. The highest BCUT2D eigenvalue weighted by molar-refractivity contribution is 5.69. The Hall–Kier alpha value is -4.65. The lowest BCUT2D eigenvalue weighted by molar-refractivity contribution is -0.368. The van der Waals surface area contributed by atoms with Gasteiger partial charge in [0.1, 0.15) is 25.4 Å². The summed E-state index contributed by atoms with van der Waals surface area (Å²) in [7, 11) is 0. The molecule has 288 valence electrons. The van der Waals surface area contributed by atoms with Crippen LogP contribution in [0.4, 0.5) is 0 Å². The number of esters is 7. The van der Waals surface area contributed by atoms with E-state index in [0.717, 1.165) is 54.0 Å². The first-order chi connectivity index (χ1) is 24.5. The van der Waals surface area contributed by atoms with Gasteiger partial charge in [-0.3, -0.25) is 33.6 Å². The second kappa shape index (κ2) is 19.8. The lowest BCUT2D eigenvalue weighted by atomic mass is 9.96. The van der Waals surface area contributed by atoms with Crippen LogP contribution >= 0.6 is 0 Å². The Morgan fingerprint density at radius 2 is 0.904 bits per heavy atom. The van der Waals surface area contributed by atoms with E-state index in [2.05, 4.69) is 0 Å². The molecule has 1 aromatic rings. The van der Waals surface area contributed by atoms with Crippen LogP contribution in [0, 0.1) is 0 Å². The maximum atomic E-state index is 12.5. The third-order valence-electron chi connectivity index (χ3n) is 7.40. The summed E-state index contributed by atoms with van der Waals surface area (Å²) in [4.78, 5) is 85.4. The highest BCUT2D eigenvalue weighted by Crippen LogP contribution is 2.35. The maximum absolute atomic E-state index is 12.5. The van der Waals surface area contributed by atoms with Gasteiger partial charge in [-0.2, -0.15) is 0 Å². The van der Waals surface area contributed by atoms with Crippen molar-refractivity contribution in [2.45, 2.75) is 116 Å². The van der Waals surface area contributed by atoms with Crippen molar-refractivity contribution in [2.75, 3.05) is 19.8 Å². The molecule has 0 unspecified atom stereocenters. The molecule has 2 heterocycles. The molecule has 2 fully saturated rings. The zero-order valence-corrected chi connectivity index (χ0v) is 29.8. The van der Waals surface area contributed by atoms with Crippen molar-refractivity contribution in [2.24, 2.45) is 0 Å². The molecular weight excluding hydrogens is 696 g/mol. The average molecular weight is 741 g/mol. The molecule has 2 saturated heterocycles. The van der Waals surface area contributed by atoms with Gasteiger partial charge in [-0.25, -0.2) is 0 Å². The van der Waals surface area contributed by atoms with Crippen molar-refractivity contribution in [1.29, 1.82) is 0 Å². The molecule has 0 aromatic heterocycles. The smallest absolute Gasteiger partial charge is 0.303 e. The van der Waals surface area contributed by atoms with Gasteiger partial charge in [0.15, 0.2) is 49.2 Å². The molecule has 1 aromatic carbocycles. The summed E-state index contributed by atoms with van der Waals surface area (Å²) >= 11 is 0. The number of carbonyl (C=O) groups is 7. The summed E-state index contributed by atoms with van der Waals surface area (Å²) in [5.41, 5.74) is 0.890. The van der Waals surface area contributed by atoms with E-state index in [4.69, 9.17) is 52.1 Å². The molecule has 3 rings (SSSR count). The molecular formula is C34H44O18. The predicted octanol–water partition coefficient (Wildman–Crippen LogP) is 0.865. The topological polar surface area (TPSA) is 221 Å². The van der Waals surface area contributed by atoms with Gasteiger partial charge >= 0.3 is 41.8 Å². The van der Waals surface area contributed by atoms with Crippen LogP contribution < -0.4 is 0 Å². The predicted molar refractivity (Wildman–Crippen MR) is 169 cm³/mol. The summed E-state index contributed by atoms with van der Waals surface area (Å²) < 4.78 is 62.6. The van der Waals surface area contributed by atoms with Crippen LogP contribution in [0.25, 0.3) is 0 Å². The maximum Gasteiger partial charge on any atom is 0.303 e. The van der Waals surface area contributed by atoms with E-state index in [1.165, 1.54) is 0 Å². The van der Waals surface area contributed by atoms with Gasteiger partial charge in [0.25, 0.3) is 0 Å².